The largest absolute Gasteiger partial charge is 0.273 e. The van der Waals surface area contributed by atoms with Crippen LogP contribution in [0.15, 0.2) is 71.3 Å². The second-order valence-corrected chi connectivity index (χ2v) is 8.51. The van der Waals surface area contributed by atoms with E-state index in [4.69, 9.17) is 0 Å². The van der Waals surface area contributed by atoms with Gasteiger partial charge >= 0.3 is 0 Å². The van der Waals surface area contributed by atoms with Gasteiger partial charge in [-0.3, -0.25) is 4.79 Å². The highest BCUT2D eigenvalue weighted by molar-refractivity contribution is 7.89. The quantitative estimate of drug-likeness (QED) is 0.847. The monoisotopic (exact) mass is 353 g/mol. The van der Waals surface area contributed by atoms with Crippen molar-refractivity contribution in [3.8, 4) is 0 Å². The number of sulfonamides is 1. The number of amides is 1. The summed E-state index contributed by atoms with van der Waals surface area (Å²) in [4.78, 5) is 12.6. The first-order valence-electron chi connectivity index (χ1n) is 8.38. The van der Waals surface area contributed by atoms with Crippen LogP contribution in [0.1, 0.15) is 29.9 Å². The van der Waals surface area contributed by atoms with Crippen LogP contribution in [0.5, 0.6) is 0 Å². The lowest BCUT2D eigenvalue weighted by Crippen LogP contribution is -2.31. The van der Waals surface area contributed by atoms with Crippen LogP contribution in [0.4, 0.5) is 0 Å². The third-order valence-corrected chi connectivity index (χ3v) is 6.76. The zero-order valence-corrected chi connectivity index (χ0v) is 14.7. The van der Waals surface area contributed by atoms with E-state index in [1.165, 1.54) is 0 Å². The Kier molecular flexibility index (Phi) is 3.76. The second kappa shape index (κ2) is 5.85. The van der Waals surface area contributed by atoms with Gasteiger partial charge in [0.1, 0.15) is 0 Å². The molecule has 0 radical (unpaired) electrons. The molecule has 2 aliphatic rings. The highest BCUT2D eigenvalue weighted by Crippen LogP contribution is 2.46. The summed E-state index contributed by atoms with van der Waals surface area (Å²) in [6, 6.07) is 16.6. The molecule has 4 nitrogen and oxygen atoms in total. The molecular formula is C20H19NO3S. The van der Waals surface area contributed by atoms with E-state index < -0.39 is 10.0 Å². The smallest absolute Gasteiger partial charge is 0.270 e. The van der Waals surface area contributed by atoms with E-state index >= 15 is 0 Å². The molecule has 2 aromatic carbocycles. The maximum absolute atomic E-state index is 13.0. The number of hydrogen-bond acceptors (Lipinski definition) is 3. The third kappa shape index (κ3) is 2.68. The number of nitrogens with zero attached hydrogens (tertiary/aromatic N) is 1. The van der Waals surface area contributed by atoms with Crippen LogP contribution in [0.2, 0.25) is 0 Å². The van der Waals surface area contributed by atoms with Crippen molar-refractivity contribution in [1.29, 1.82) is 0 Å². The lowest BCUT2D eigenvalue weighted by Gasteiger charge is -2.18. The van der Waals surface area contributed by atoms with Gasteiger partial charge < -0.3 is 0 Å². The minimum absolute atomic E-state index is 0.0158. The van der Waals surface area contributed by atoms with E-state index in [9.17, 15) is 13.2 Å². The van der Waals surface area contributed by atoms with Crippen molar-refractivity contribution in [2.75, 3.05) is 0 Å². The molecule has 1 saturated heterocycles. The fraction of sp³-hybridized carbons (Fsp3) is 0.250. The summed E-state index contributed by atoms with van der Waals surface area (Å²) in [6.07, 6.45) is 3.00. The van der Waals surface area contributed by atoms with Crippen molar-refractivity contribution < 1.29 is 13.2 Å². The molecule has 128 valence electrons. The van der Waals surface area contributed by atoms with E-state index in [1.54, 1.807) is 24.3 Å². The van der Waals surface area contributed by atoms with Crippen LogP contribution in [0.3, 0.4) is 0 Å². The van der Waals surface area contributed by atoms with Gasteiger partial charge in [-0.1, -0.05) is 54.1 Å². The molecule has 1 heterocycles. The highest BCUT2D eigenvalue weighted by atomic mass is 32.2. The van der Waals surface area contributed by atoms with Crippen molar-refractivity contribution in [2.24, 2.45) is 5.92 Å². The molecule has 1 fully saturated rings. The summed E-state index contributed by atoms with van der Waals surface area (Å²) in [7, 11) is -3.85. The Morgan fingerprint density at radius 3 is 2.36 bits per heavy atom. The van der Waals surface area contributed by atoms with Crippen LogP contribution in [-0.2, 0) is 14.8 Å². The fourth-order valence-corrected chi connectivity index (χ4v) is 5.24. The van der Waals surface area contributed by atoms with Gasteiger partial charge in [-0.2, -0.15) is 0 Å². The Morgan fingerprint density at radius 1 is 1.00 bits per heavy atom. The summed E-state index contributed by atoms with van der Waals surface area (Å²) in [5.74, 6) is -0.189. The molecule has 0 N–H and O–H groups in total. The molecule has 0 saturated carbocycles. The number of fused-ring (bicyclic) bond motifs is 1. The minimum Gasteiger partial charge on any atom is -0.273 e. The lowest BCUT2D eigenvalue weighted by atomic mass is 9.95. The van der Waals surface area contributed by atoms with Gasteiger partial charge in [0, 0.05) is 24.0 Å². The van der Waals surface area contributed by atoms with Crippen LogP contribution in [-0.4, -0.2) is 18.6 Å². The predicted molar refractivity (Wildman–Crippen MR) is 95.2 cm³/mol. The number of allylic oxidation sites excluding steroid dienone is 2. The van der Waals surface area contributed by atoms with Gasteiger partial charge in [-0.15, -0.1) is 0 Å². The number of benzene rings is 2. The number of carbonyl (C=O) groups excluding carboxylic acids is 1. The second-order valence-electron chi connectivity index (χ2n) is 6.72. The average Bonchev–Trinajstić information content (AvgIpc) is 3.12. The van der Waals surface area contributed by atoms with E-state index in [0.29, 0.717) is 5.70 Å². The van der Waals surface area contributed by atoms with Gasteiger partial charge in [-0.25, -0.2) is 12.7 Å². The molecule has 2 aromatic rings. The SMILES string of the molecule is Cc1ccc(S(=O)(=O)N2C(=O)C[C@@H]3C[C@H](c4ccccc4)C=C32)cc1. The molecular weight excluding hydrogens is 334 g/mol. The number of hydrogen-bond donors (Lipinski definition) is 0. The standard InChI is InChI=1S/C20H19NO3S/c1-14-7-9-18(10-8-14)25(23,24)21-19-12-16(11-17(19)13-20(21)22)15-5-3-2-4-6-15/h2-10,12,16-17H,11,13H2,1H3/t16-,17-/m0/s1. The Hall–Kier alpha value is -2.40. The summed E-state index contributed by atoms with van der Waals surface area (Å²) < 4.78 is 27.0. The van der Waals surface area contributed by atoms with Gasteiger partial charge in [0.05, 0.1) is 4.90 Å². The number of rotatable bonds is 3. The maximum Gasteiger partial charge on any atom is 0.270 e. The Balaban J connectivity index is 1.72. The fourth-order valence-electron chi connectivity index (χ4n) is 3.72. The van der Waals surface area contributed by atoms with Gasteiger partial charge in [0.2, 0.25) is 5.91 Å². The molecule has 0 aromatic heterocycles. The molecule has 1 amide bonds. The highest BCUT2D eigenvalue weighted by Gasteiger charge is 2.46. The first-order valence-corrected chi connectivity index (χ1v) is 9.82. The molecule has 4 rings (SSSR count). The molecule has 0 unspecified atom stereocenters. The van der Waals surface area contributed by atoms with Crippen LogP contribution in [0.25, 0.3) is 0 Å². The predicted octanol–water partition coefficient (Wildman–Crippen LogP) is 3.60. The van der Waals surface area contributed by atoms with Gasteiger partial charge in [0.25, 0.3) is 10.0 Å². The van der Waals surface area contributed by atoms with Crippen molar-refractivity contribution in [2.45, 2.75) is 30.6 Å². The van der Waals surface area contributed by atoms with Gasteiger partial charge in [-0.05, 0) is 31.0 Å². The Bertz CT molecular complexity index is 946. The summed E-state index contributed by atoms with van der Waals surface area (Å²) in [5, 5.41) is 0. The molecule has 1 aliphatic heterocycles. The van der Waals surface area contributed by atoms with Gasteiger partial charge in [0.15, 0.2) is 0 Å². The van der Waals surface area contributed by atoms with Crippen LogP contribution >= 0.6 is 0 Å². The minimum atomic E-state index is -3.85. The topological polar surface area (TPSA) is 54.5 Å². The van der Waals surface area contributed by atoms with Crippen molar-refractivity contribution >= 4 is 15.9 Å². The average molecular weight is 353 g/mol. The molecule has 2 atom stereocenters. The first kappa shape index (κ1) is 16.1. The van der Waals surface area contributed by atoms with E-state index in [2.05, 4.69) is 0 Å². The first-order chi connectivity index (χ1) is 12.0. The van der Waals surface area contributed by atoms with Crippen LogP contribution < -0.4 is 0 Å². The summed E-state index contributed by atoms with van der Waals surface area (Å²) >= 11 is 0. The van der Waals surface area contributed by atoms with E-state index in [1.807, 2.05) is 43.3 Å². The molecule has 25 heavy (non-hydrogen) atoms. The molecule has 0 bridgehead atoms. The number of carbonyl (C=O) groups is 1. The van der Waals surface area contributed by atoms with Crippen molar-refractivity contribution in [3.63, 3.8) is 0 Å². The molecule has 5 heteroatoms. The third-order valence-electron chi connectivity index (χ3n) is 5.00. The van der Waals surface area contributed by atoms with Crippen molar-refractivity contribution in [3.05, 3.63) is 77.5 Å². The summed E-state index contributed by atoms with van der Waals surface area (Å²) in [5.41, 5.74) is 2.78. The zero-order chi connectivity index (χ0) is 17.6. The Morgan fingerprint density at radius 2 is 1.68 bits per heavy atom. The van der Waals surface area contributed by atoms with Crippen molar-refractivity contribution in [1.82, 2.24) is 4.31 Å². The number of aryl methyl sites for hydroxylation is 1. The maximum atomic E-state index is 13.0. The van der Waals surface area contributed by atoms with E-state index in [-0.39, 0.29) is 29.1 Å². The van der Waals surface area contributed by atoms with Crippen LogP contribution in [0, 0.1) is 12.8 Å². The van der Waals surface area contributed by atoms with E-state index in [0.717, 1.165) is 21.9 Å². The Labute approximate surface area is 147 Å². The molecule has 0 spiro atoms. The zero-order valence-electron chi connectivity index (χ0n) is 13.9. The molecule has 1 aliphatic carbocycles. The summed E-state index contributed by atoms with van der Waals surface area (Å²) in [6.45, 7) is 1.90. The lowest BCUT2D eigenvalue weighted by molar-refractivity contribution is -0.123. The normalized spacial score (nSPS) is 22.8.